The van der Waals surface area contributed by atoms with Gasteiger partial charge >= 0.3 is 5.97 Å². The molecule has 0 spiro atoms. The summed E-state index contributed by atoms with van der Waals surface area (Å²) in [5.41, 5.74) is 1.15. The molecule has 0 saturated heterocycles. The molecule has 2 aromatic carbocycles. The van der Waals surface area contributed by atoms with Crippen LogP contribution >= 0.6 is 0 Å². The highest BCUT2D eigenvalue weighted by Gasteiger charge is 1.97. The maximum atomic E-state index is 10.3. The number of hydrogen-bond donors (Lipinski definition) is 1. The molecule has 0 aliphatic rings. The van der Waals surface area contributed by atoms with Gasteiger partial charge in [0, 0.05) is 6.08 Å². The molecule has 3 nitrogen and oxygen atoms in total. The van der Waals surface area contributed by atoms with Gasteiger partial charge in [-0.3, -0.25) is 0 Å². The van der Waals surface area contributed by atoms with E-state index in [0.29, 0.717) is 6.42 Å². The summed E-state index contributed by atoms with van der Waals surface area (Å²) in [4.78, 5) is 10.3. The van der Waals surface area contributed by atoms with E-state index in [1.807, 2.05) is 54.6 Å². The van der Waals surface area contributed by atoms with E-state index >= 15 is 0 Å². The molecular weight excluding hydrogens is 252 g/mol. The Hall–Kier alpha value is -2.55. The molecule has 1 N–H and O–H groups in total. The van der Waals surface area contributed by atoms with Gasteiger partial charge in [-0.15, -0.1) is 0 Å². The van der Waals surface area contributed by atoms with E-state index in [2.05, 4.69) is 0 Å². The molecule has 0 radical (unpaired) electrons. The Balaban J connectivity index is 1.88. The van der Waals surface area contributed by atoms with Crippen LogP contribution in [0.25, 0.3) is 0 Å². The minimum atomic E-state index is -0.906. The number of carboxylic acids is 1. The Morgan fingerprint density at radius 2 is 1.65 bits per heavy atom. The highest BCUT2D eigenvalue weighted by Crippen LogP contribution is 2.21. The fraction of sp³-hybridized carbons (Fsp3) is 0.118. The molecule has 0 heterocycles. The lowest BCUT2D eigenvalue weighted by atomic mass is 10.1. The summed E-state index contributed by atoms with van der Waals surface area (Å²) in [6.07, 6.45) is 4.37. The van der Waals surface area contributed by atoms with Crippen molar-refractivity contribution in [3.8, 4) is 11.5 Å². The van der Waals surface area contributed by atoms with Crippen LogP contribution in [0, 0.1) is 0 Å². The van der Waals surface area contributed by atoms with Crippen molar-refractivity contribution in [3.05, 3.63) is 72.3 Å². The normalized spacial score (nSPS) is 10.6. The monoisotopic (exact) mass is 268 g/mol. The molecule has 0 aliphatic heterocycles. The first-order chi connectivity index (χ1) is 9.74. The molecule has 0 atom stereocenters. The second kappa shape index (κ2) is 7.14. The van der Waals surface area contributed by atoms with E-state index < -0.39 is 5.97 Å². The molecule has 0 aromatic heterocycles. The number of benzene rings is 2. The lowest BCUT2D eigenvalue weighted by Crippen LogP contribution is -1.88. The molecule has 3 heteroatoms. The number of rotatable bonds is 6. The number of para-hydroxylation sites is 1. The predicted molar refractivity (Wildman–Crippen MR) is 78.1 cm³/mol. The SMILES string of the molecule is O=C(O)C=CCCc1ccc(Oc2ccccc2)cc1. The van der Waals surface area contributed by atoms with Gasteiger partial charge in [0.15, 0.2) is 0 Å². The standard InChI is InChI=1S/C17H16O3/c18-17(19)9-5-4-6-14-10-12-16(13-11-14)20-15-7-2-1-3-8-15/h1-3,5,7-13H,4,6H2,(H,18,19). The van der Waals surface area contributed by atoms with Gasteiger partial charge in [-0.2, -0.15) is 0 Å². The van der Waals surface area contributed by atoms with Crippen LogP contribution in [0.5, 0.6) is 11.5 Å². The zero-order chi connectivity index (χ0) is 14.2. The molecule has 0 amide bonds. The molecule has 0 aliphatic carbocycles. The Morgan fingerprint density at radius 1 is 1.00 bits per heavy atom. The minimum Gasteiger partial charge on any atom is -0.478 e. The number of aryl methyl sites for hydroxylation is 1. The van der Waals surface area contributed by atoms with Gasteiger partial charge in [0.05, 0.1) is 0 Å². The number of aliphatic carboxylic acids is 1. The Bertz CT molecular complexity index is 571. The summed E-state index contributed by atoms with van der Waals surface area (Å²) in [5.74, 6) is 0.697. The van der Waals surface area contributed by atoms with Crippen LogP contribution in [0.1, 0.15) is 12.0 Å². The summed E-state index contributed by atoms with van der Waals surface area (Å²) in [6.45, 7) is 0. The molecule has 2 aromatic rings. The van der Waals surface area contributed by atoms with Gasteiger partial charge in [-0.05, 0) is 42.7 Å². The molecule has 0 saturated carbocycles. The van der Waals surface area contributed by atoms with Crippen LogP contribution in [0.15, 0.2) is 66.7 Å². The third-order valence-electron chi connectivity index (χ3n) is 2.76. The fourth-order valence-electron chi connectivity index (χ4n) is 1.78. The minimum absolute atomic E-state index is 0.713. The zero-order valence-corrected chi connectivity index (χ0v) is 11.0. The topological polar surface area (TPSA) is 46.5 Å². The van der Waals surface area contributed by atoms with E-state index in [1.165, 1.54) is 6.08 Å². The van der Waals surface area contributed by atoms with Crippen molar-refractivity contribution in [2.24, 2.45) is 0 Å². The number of hydrogen-bond acceptors (Lipinski definition) is 2. The van der Waals surface area contributed by atoms with Crippen LogP contribution in [0.2, 0.25) is 0 Å². The maximum Gasteiger partial charge on any atom is 0.327 e. The molecule has 0 bridgehead atoms. The van der Waals surface area contributed by atoms with E-state index in [4.69, 9.17) is 9.84 Å². The van der Waals surface area contributed by atoms with Crippen molar-refractivity contribution in [2.75, 3.05) is 0 Å². The summed E-state index contributed by atoms with van der Waals surface area (Å²) >= 11 is 0. The highest BCUT2D eigenvalue weighted by molar-refractivity contribution is 5.79. The molecule has 20 heavy (non-hydrogen) atoms. The number of carboxylic acid groups (broad SMARTS) is 1. The van der Waals surface area contributed by atoms with Crippen molar-refractivity contribution in [3.63, 3.8) is 0 Å². The summed E-state index contributed by atoms with van der Waals surface area (Å²) in [6, 6.07) is 17.4. The molecule has 2 rings (SSSR count). The number of ether oxygens (including phenoxy) is 1. The largest absolute Gasteiger partial charge is 0.478 e. The third kappa shape index (κ3) is 4.61. The fourth-order valence-corrected chi connectivity index (χ4v) is 1.78. The zero-order valence-electron chi connectivity index (χ0n) is 11.0. The van der Waals surface area contributed by atoms with E-state index in [0.717, 1.165) is 23.5 Å². The van der Waals surface area contributed by atoms with Crippen LogP contribution in [-0.2, 0) is 11.2 Å². The Kier molecular flexibility index (Phi) is 4.95. The summed E-state index contributed by atoms with van der Waals surface area (Å²) < 4.78 is 5.70. The van der Waals surface area contributed by atoms with Crippen LogP contribution in [0.3, 0.4) is 0 Å². The van der Waals surface area contributed by atoms with Crippen LogP contribution in [-0.4, -0.2) is 11.1 Å². The van der Waals surface area contributed by atoms with E-state index in [1.54, 1.807) is 6.08 Å². The Labute approximate surface area is 118 Å². The first-order valence-electron chi connectivity index (χ1n) is 6.45. The summed E-state index contributed by atoms with van der Waals surface area (Å²) in [5, 5.41) is 8.48. The van der Waals surface area contributed by atoms with Gasteiger partial charge < -0.3 is 9.84 Å². The van der Waals surface area contributed by atoms with E-state index in [9.17, 15) is 4.79 Å². The van der Waals surface area contributed by atoms with Crippen LogP contribution < -0.4 is 4.74 Å². The van der Waals surface area contributed by atoms with Crippen molar-refractivity contribution in [1.29, 1.82) is 0 Å². The average molecular weight is 268 g/mol. The summed E-state index contributed by atoms with van der Waals surface area (Å²) in [7, 11) is 0. The van der Waals surface area contributed by atoms with Gasteiger partial charge in [0.25, 0.3) is 0 Å². The van der Waals surface area contributed by atoms with Crippen molar-refractivity contribution >= 4 is 5.97 Å². The average Bonchev–Trinajstić information content (AvgIpc) is 2.46. The van der Waals surface area contributed by atoms with Crippen LogP contribution in [0.4, 0.5) is 0 Å². The molecule has 0 unspecified atom stereocenters. The molecule has 102 valence electrons. The van der Waals surface area contributed by atoms with Crippen molar-refractivity contribution < 1.29 is 14.6 Å². The quantitative estimate of drug-likeness (QED) is 0.804. The van der Waals surface area contributed by atoms with Crippen molar-refractivity contribution in [2.45, 2.75) is 12.8 Å². The molecular formula is C17H16O3. The Morgan fingerprint density at radius 3 is 2.30 bits per heavy atom. The maximum absolute atomic E-state index is 10.3. The van der Waals surface area contributed by atoms with Gasteiger partial charge in [-0.25, -0.2) is 4.79 Å². The molecule has 0 fully saturated rings. The lowest BCUT2D eigenvalue weighted by molar-refractivity contribution is -0.131. The predicted octanol–water partition coefficient (Wildman–Crippen LogP) is 4.05. The number of carbonyl (C=O) groups is 1. The van der Waals surface area contributed by atoms with Crippen molar-refractivity contribution in [1.82, 2.24) is 0 Å². The lowest BCUT2D eigenvalue weighted by Gasteiger charge is -2.06. The second-order valence-electron chi connectivity index (χ2n) is 4.34. The van der Waals surface area contributed by atoms with E-state index in [-0.39, 0.29) is 0 Å². The van der Waals surface area contributed by atoms with Gasteiger partial charge in [0.1, 0.15) is 11.5 Å². The van der Waals surface area contributed by atoms with Gasteiger partial charge in [0.2, 0.25) is 0 Å². The first kappa shape index (κ1) is 13.9. The smallest absolute Gasteiger partial charge is 0.327 e. The number of allylic oxidation sites excluding steroid dienone is 1. The van der Waals surface area contributed by atoms with Gasteiger partial charge in [-0.1, -0.05) is 36.4 Å². The highest BCUT2D eigenvalue weighted by atomic mass is 16.5. The third-order valence-corrected chi connectivity index (χ3v) is 2.76. The first-order valence-corrected chi connectivity index (χ1v) is 6.45. The second-order valence-corrected chi connectivity index (χ2v) is 4.34.